The van der Waals surface area contributed by atoms with Crippen LogP contribution in [0.3, 0.4) is 0 Å². The minimum absolute atomic E-state index is 0.0311. The molecule has 0 saturated carbocycles. The van der Waals surface area contributed by atoms with E-state index in [1.807, 2.05) is 61.5 Å². The number of carbonyl (C=O) groups excluding carboxylic acids is 2. The fraction of sp³-hybridized carbons (Fsp3) is 0.176. The summed E-state index contributed by atoms with van der Waals surface area (Å²) in [5.41, 5.74) is 7.52. The lowest BCUT2D eigenvalue weighted by Crippen LogP contribution is -2.16. The van der Waals surface area contributed by atoms with Gasteiger partial charge >= 0.3 is 5.97 Å². The fourth-order valence-electron chi connectivity index (χ4n) is 1.86. The maximum atomic E-state index is 11.6. The van der Waals surface area contributed by atoms with Crippen molar-refractivity contribution in [1.29, 1.82) is 0 Å². The predicted molar refractivity (Wildman–Crippen MR) is 87.3 cm³/mol. The Bertz CT molecular complexity index is 614. The van der Waals surface area contributed by atoms with Crippen molar-refractivity contribution in [3.05, 3.63) is 60.2 Å². The van der Waals surface area contributed by atoms with Gasteiger partial charge in [0.25, 0.3) is 0 Å². The summed E-state index contributed by atoms with van der Waals surface area (Å²) >= 11 is 4.90. The molecule has 0 atom stereocenters. The molecule has 0 heterocycles. The van der Waals surface area contributed by atoms with Crippen molar-refractivity contribution in [2.45, 2.75) is 13.3 Å². The number of rotatable bonds is 4. The van der Waals surface area contributed by atoms with Crippen LogP contribution in [-0.4, -0.2) is 18.3 Å². The summed E-state index contributed by atoms with van der Waals surface area (Å²) in [5.74, 6) is -1.71. The number of hydrogen-bond acceptors (Lipinski definition) is 4. The highest BCUT2D eigenvalue weighted by atomic mass is 35.5. The molecule has 0 fully saturated rings. The van der Waals surface area contributed by atoms with Gasteiger partial charge in [-0.3, -0.25) is 4.79 Å². The third-order valence-corrected chi connectivity index (χ3v) is 2.89. The molecule has 0 aromatic heterocycles. The average Bonchev–Trinajstić information content (AvgIpc) is 2.56. The number of hydrogen-bond donors (Lipinski definition) is 1. The molecule has 0 radical (unpaired) electrons. The van der Waals surface area contributed by atoms with E-state index in [9.17, 15) is 9.59 Å². The Hall–Kier alpha value is -2.17. The molecular weight excluding hydrogens is 302 g/mol. The van der Waals surface area contributed by atoms with Gasteiger partial charge in [-0.2, -0.15) is 0 Å². The molecule has 22 heavy (non-hydrogen) atoms. The number of ketones is 1. The number of halogens is 1. The summed E-state index contributed by atoms with van der Waals surface area (Å²) < 4.78 is 3.91. The van der Waals surface area contributed by atoms with Gasteiger partial charge in [0, 0.05) is 6.42 Å². The third kappa shape index (κ3) is 5.31. The smallest absolute Gasteiger partial charge is 0.341 e. The number of Topliss-reactive ketones (excluding diaryl/α,β-unsaturated/α-hetero) is 1. The van der Waals surface area contributed by atoms with E-state index in [2.05, 4.69) is 4.29 Å². The Balaban J connectivity index is 0.000000745. The van der Waals surface area contributed by atoms with Crippen molar-refractivity contribution in [3.8, 4) is 11.1 Å². The first-order valence-electron chi connectivity index (χ1n) is 6.83. The van der Waals surface area contributed by atoms with Crippen LogP contribution in [0.4, 0.5) is 0 Å². The first-order chi connectivity index (χ1) is 10.6. The molecule has 5 heteroatoms. The number of carbonyl (C=O) groups is 2. The highest BCUT2D eigenvalue weighted by molar-refractivity contribution is 6.38. The van der Waals surface area contributed by atoms with E-state index in [1.165, 1.54) is 0 Å². The molecule has 0 aliphatic carbocycles. The maximum absolute atomic E-state index is 11.6. The van der Waals surface area contributed by atoms with Crippen LogP contribution >= 0.6 is 11.9 Å². The van der Waals surface area contributed by atoms with Gasteiger partial charge in [0.1, 0.15) is 11.9 Å². The number of nitrogens with two attached hydrogens (primary N) is 1. The van der Waals surface area contributed by atoms with E-state index in [1.54, 1.807) is 0 Å². The van der Waals surface area contributed by atoms with E-state index in [0.717, 1.165) is 23.2 Å². The Morgan fingerprint density at radius 1 is 1.05 bits per heavy atom. The van der Waals surface area contributed by atoms with Crippen LogP contribution in [0.25, 0.3) is 11.1 Å². The molecule has 0 unspecified atom stereocenters. The lowest BCUT2D eigenvalue weighted by Gasteiger charge is -2.08. The molecule has 0 spiro atoms. The largest absolute Gasteiger partial charge is 0.392 e. The van der Waals surface area contributed by atoms with Crippen molar-refractivity contribution in [1.82, 2.24) is 0 Å². The van der Waals surface area contributed by atoms with Crippen molar-refractivity contribution < 1.29 is 13.9 Å². The Labute approximate surface area is 135 Å². The quantitative estimate of drug-likeness (QED) is 0.879. The second-order valence-corrected chi connectivity index (χ2v) is 4.55. The normalized spacial score (nSPS) is 9.41. The van der Waals surface area contributed by atoms with E-state index in [0.29, 0.717) is 0 Å². The summed E-state index contributed by atoms with van der Waals surface area (Å²) in [5, 5.41) is 0. The molecule has 116 valence electrons. The van der Waals surface area contributed by atoms with E-state index >= 15 is 0 Å². The van der Waals surface area contributed by atoms with Crippen molar-refractivity contribution in [2.24, 2.45) is 5.73 Å². The van der Waals surface area contributed by atoms with Gasteiger partial charge in [-0.15, -0.1) is 0 Å². The second kappa shape index (κ2) is 9.71. The topological polar surface area (TPSA) is 69.4 Å². The summed E-state index contributed by atoms with van der Waals surface area (Å²) in [6.07, 6.45) is -0.0311. The van der Waals surface area contributed by atoms with Crippen LogP contribution in [0.5, 0.6) is 0 Å². The van der Waals surface area contributed by atoms with Gasteiger partial charge in [-0.05, 0) is 23.2 Å². The summed E-state index contributed by atoms with van der Waals surface area (Å²) in [7, 11) is 0. The lowest BCUT2D eigenvalue weighted by atomic mass is 9.96. The predicted octanol–water partition coefficient (Wildman–Crippen LogP) is 3.13. The summed E-state index contributed by atoms with van der Waals surface area (Å²) in [6, 6.07) is 17.1. The van der Waals surface area contributed by atoms with Gasteiger partial charge in [-0.1, -0.05) is 61.5 Å². The highest BCUT2D eigenvalue weighted by Crippen LogP contribution is 2.23. The zero-order valence-electron chi connectivity index (χ0n) is 12.3. The molecule has 0 saturated heterocycles. The molecular formula is C17H18ClNO3. The molecule has 0 aliphatic rings. The summed E-state index contributed by atoms with van der Waals surface area (Å²) in [4.78, 5) is 22.6. The Morgan fingerprint density at radius 2 is 1.59 bits per heavy atom. The molecule has 0 aliphatic heterocycles. The van der Waals surface area contributed by atoms with Crippen LogP contribution in [-0.2, 0) is 20.3 Å². The van der Waals surface area contributed by atoms with Gasteiger partial charge in [-0.25, -0.2) is 4.79 Å². The van der Waals surface area contributed by atoms with Crippen LogP contribution in [0, 0.1) is 0 Å². The zero-order chi connectivity index (χ0) is 16.4. The van der Waals surface area contributed by atoms with Crippen molar-refractivity contribution >= 4 is 23.6 Å². The summed E-state index contributed by atoms with van der Waals surface area (Å²) in [6.45, 7) is 2.65. The molecule has 2 rings (SSSR count). The van der Waals surface area contributed by atoms with Crippen LogP contribution < -0.4 is 5.73 Å². The molecule has 2 aromatic rings. The van der Waals surface area contributed by atoms with Crippen LogP contribution in [0.2, 0.25) is 0 Å². The third-order valence-electron chi connectivity index (χ3n) is 2.75. The molecule has 0 amide bonds. The molecule has 4 nitrogen and oxygen atoms in total. The van der Waals surface area contributed by atoms with Gasteiger partial charge in [0.15, 0.2) is 0 Å². The zero-order valence-corrected chi connectivity index (χ0v) is 13.0. The van der Waals surface area contributed by atoms with Crippen molar-refractivity contribution in [3.63, 3.8) is 0 Å². The second-order valence-electron chi connectivity index (χ2n) is 4.40. The molecule has 0 bridgehead atoms. The number of benzene rings is 2. The Kier molecular flexibility index (Phi) is 7.89. The minimum Gasteiger partial charge on any atom is -0.341 e. The highest BCUT2D eigenvalue weighted by Gasteiger charge is 2.17. The maximum Gasteiger partial charge on any atom is 0.392 e. The van der Waals surface area contributed by atoms with Gasteiger partial charge in [0.05, 0.1) is 0 Å². The Morgan fingerprint density at radius 3 is 2.18 bits per heavy atom. The van der Waals surface area contributed by atoms with Gasteiger partial charge in [0.2, 0.25) is 5.78 Å². The first-order valence-corrected chi connectivity index (χ1v) is 7.14. The monoisotopic (exact) mass is 319 g/mol. The lowest BCUT2D eigenvalue weighted by molar-refractivity contribution is -0.146. The standard InChI is InChI=1S/C15H11ClO3.C2H7N/c16-19-15(18)14(17)10-12-8-4-5-9-13(12)11-6-2-1-3-7-11;1-2-3/h1-9H,10H2;2-3H2,1H3. The average molecular weight is 320 g/mol. The fourth-order valence-corrected chi connectivity index (χ4v) is 1.95. The van der Waals surface area contributed by atoms with E-state index < -0.39 is 11.8 Å². The molecule has 2 N–H and O–H groups in total. The van der Waals surface area contributed by atoms with Gasteiger partial charge < -0.3 is 10.0 Å². The van der Waals surface area contributed by atoms with Crippen LogP contribution in [0.1, 0.15) is 12.5 Å². The minimum atomic E-state index is -1.04. The van der Waals surface area contributed by atoms with E-state index in [4.69, 9.17) is 17.6 Å². The SMILES string of the molecule is CCN.O=C(Cc1ccccc1-c1ccccc1)C(=O)OCl. The van der Waals surface area contributed by atoms with E-state index in [-0.39, 0.29) is 6.42 Å². The van der Waals surface area contributed by atoms with Crippen LogP contribution in [0.15, 0.2) is 54.6 Å². The van der Waals surface area contributed by atoms with Crippen molar-refractivity contribution in [2.75, 3.05) is 6.54 Å². The molecule has 2 aromatic carbocycles. The first kappa shape index (κ1) is 17.9.